The standard InChI is InChI=1S/C19H19N5O2/c1-13(25)23-17-6-4-15(5-7-17)19(26)21-10-14-3-8-18(20-9-14)16-11-22-24(2)12-16/h3-9,11-12H,10H2,1-2H3,(H,21,26)(H,23,25). The molecule has 3 rings (SSSR count). The van der Waals surface area contributed by atoms with Gasteiger partial charge in [-0.1, -0.05) is 6.07 Å². The summed E-state index contributed by atoms with van der Waals surface area (Å²) in [5.74, 6) is -0.333. The number of anilines is 1. The third-order valence-corrected chi connectivity index (χ3v) is 3.75. The summed E-state index contributed by atoms with van der Waals surface area (Å²) < 4.78 is 1.72. The van der Waals surface area contributed by atoms with Crippen LogP contribution in [0, 0.1) is 0 Å². The Hall–Kier alpha value is -3.48. The van der Waals surface area contributed by atoms with Crippen molar-refractivity contribution in [1.29, 1.82) is 0 Å². The monoisotopic (exact) mass is 349 g/mol. The summed E-state index contributed by atoms with van der Waals surface area (Å²) in [7, 11) is 1.86. The summed E-state index contributed by atoms with van der Waals surface area (Å²) in [6.45, 7) is 1.82. The van der Waals surface area contributed by atoms with Gasteiger partial charge in [0.05, 0.1) is 11.9 Å². The molecule has 0 aliphatic rings. The first-order chi connectivity index (χ1) is 12.5. The maximum atomic E-state index is 12.2. The van der Waals surface area contributed by atoms with Crippen LogP contribution in [0.5, 0.6) is 0 Å². The van der Waals surface area contributed by atoms with Crippen LogP contribution in [-0.4, -0.2) is 26.6 Å². The molecule has 3 aromatic rings. The van der Waals surface area contributed by atoms with Crippen LogP contribution < -0.4 is 10.6 Å². The van der Waals surface area contributed by atoms with Crippen molar-refractivity contribution in [1.82, 2.24) is 20.1 Å². The van der Waals surface area contributed by atoms with Gasteiger partial charge in [-0.3, -0.25) is 19.3 Å². The molecule has 0 aliphatic carbocycles. The van der Waals surface area contributed by atoms with Crippen LogP contribution in [0.3, 0.4) is 0 Å². The molecule has 0 fully saturated rings. The average molecular weight is 349 g/mol. The van der Waals surface area contributed by atoms with E-state index in [1.165, 1.54) is 6.92 Å². The average Bonchev–Trinajstić information content (AvgIpc) is 3.07. The molecule has 1 aromatic carbocycles. The number of amides is 2. The summed E-state index contributed by atoms with van der Waals surface area (Å²) in [6, 6.07) is 10.6. The molecule has 2 heterocycles. The molecule has 132 valence electrons. The summed E-state index contributed by atoms with van der Waals surface area (Å²) in [4.78, 5) is 27.6. The summed E-state index contributed by atoms with van der Waals surface area (Å²) in [6.07, 6.45) is 5.39. The fourth-order valence-corrected chi connectivity index (χ4v) is 2.45. The number of benzene rings is 1. The Labute approximate surface area is 151 Å². The molecule has 0 bridgehead atoms. The number of carbonyl (C=O) groups is 2. The molecular weight excluding hydrogens is 330 g/mol. The van der Waals surface area contributed by atoms with E-state index in [1.54, 1.807) is 41.3 Å². The first kappa shape index (κ1) is 17.3. The molecule has 2 amide bonds. The molecule has 0 atom stereocenters. The fraction of sp³-hybridized carbons (Fsp3) is 0.158. The number of aromatic nitrogens is 3. The number of aryl methyl sites for hydroxylation is 1. The normalized spacial score (nSPS) is 10.4. The largest absolute Gasteiger partial charge is 0.348 e. The van der Waals surface area contributed by atoms with Gasteiger partial charge in [-0.05, 0) is 35.9 Å². The van der Waals surface area contributed by atoms with Gasteiger partial charge in [-0.25, -0.2) is 0 Å². The maximum Gasteiger partial charge on any atom is 0.251 e. The lowest BCUT2D eigenvalue weighted by Gasteiger charge is -2.07. The molecule has 7 heteroatoms. The zero-order valence-corrected chi connectivity index (χ0v) is 14.6. The number of nitrogens with one attached hydrogen (secondary N) is 2. The Kier molecular flexibility index (Phi) is 5.07. The number of rotatable bonds is 5. The highest BCUT2D eigenvalue weighted by atomic mass is 16.2. The third-order valence-electron chi connectivity index (χ3n) is 3.75. The molecule has 0 saturated heterocycles. The molecule has 0 saturated carbocycles. The molecule has 26 heavy (non-hydrogen) atoms. The lowest BCUT2D eigenvalue weighted by molar-refractivity contribution is -0.114. The van der Waals surface area contributed by atoms with Crippen molar-refractivity contribution in [2.24, 2.45) is 7.05 Å². The number of nitrogens with zero attached hydrogens (tertiary/aromatic N) is 3. The Balaban J connectivity index is 1.58. The molecule has 0 unspecified atom stereocenters. The van der Waals surface area contributed by atoms with Gasteiger partial charge in [-0.15, -0.1) is 0 Å². The van der Waals surface area contributed by atoms with Crippen LogP contribution >= 0.6 is 0 Å². The highest BCUT2D eigenvalue weighted by molar-refractivity contribution is 5.95. The minimum absolute atomic E-state index is 0.149. The van der Waals surface area contributed by atoms with Crippen molar-refractivity contribution in [3.8, 4) is 11.3 Å². The number of hydrogen-bond acceptors (Lipinski definition) is 4. The van der Waals surface area contributed by atoms with Crippen molar-refractivity contribution in [2.45, 2.75) is 13.5 Å². The lowest BCUT2D eigenvalue weighted by atomic mass is 10.1. The van der Waals surface area contributed by atoms with E-state index in [0.717, 1.165) is 16.8 Å². The van der Waals surface area contributed by atoms with E-state index in [-0.39, 0.29) is 11.8 Å². The highest BCUT2D eigenvalue weighted by Gasteiger charge is 2.07. The lowest BCUT2D eigenvalue weighted by Crippen LogP contribution is -2.22. The highest BCUT2D eigenvalue weighted by Crippen LogP contribution is 2.15. The third kappa shape index (κ3) is 4.32. The van der Waals surface area contributed by atoms with Gasteiger partial charge in [-0.2, -0.15) is 5.10 Å². The minimum Gasteiger partial charge on any atom is -0.348 e. The van der Waals surface area contributed by atoms with Gasteiger partial charge < -0.3 is 10.6 Å². The van der Waals surface area contributed by atoms with E-state index in [4.69, 9.17) is 0 Å². The van der Waals surface area contributed by atoms with Crippen LogP contribution in [0.15, 0.2) is 55.0 Å². The van der Waals surface area contributed by atoms with Gasteiger partial charge >= 0.3 is 0 Å². The Morgan fingerprint density at radius 3 is 2.42 bits per heavy atom. The minimum atomic E-state index is -0.185. The predicted octanol–water partition coefficient (Wildman–Crippen LogP) is 2.37. The summed E-state index contributed by atoms with van der Waals surface area (Å²) >= 11 is 0. The Bertz CT molecular complexity index is 914. The zero-order valence-electron chi connectivity index (χ0n) is 14.6. The Morgan fingerprint density at radius 1 is 1.08 bits per heavy atom. The van der Waals surface area contributed by atoms with E-state index in [0.29, 0.717) is 17.8 Å². The SMILES string of the molecule is CC(=O)Nc1ccc(C(=O)NCc2ccc(-c3cnn(C)c3)nc2)cc1. The fourth-order valence-electron chi connectivity index (χ4n) is 2.45. The zero-order chi connectivity index (χ0) is 18.5. The second-order valence-electron chi connectivity index (χ2n) is 5.90. The number of carbonyl (C=O) groups excluding carboxylic acids is 2. The second kappa shape index (κ2) is 7.60. The molecular formula is C19H19N5O2. The second-order valence-corrected chi connectivity index (χ2v) is 5.90. The molecule has 0 spiro atoms. The quantitative estimate of drug-likeness (QED) is 0.740. The number of hydrogen-bond donors (Lipinski definition) is 2. The number of pyridine rings is 1. The first-order valence-electron chi connectivity index (χ1n) is 8.11. The molecule has 0 radical (unpaired) electrons. The van der Waals surface area contributed by atoms with Crippen molar-refractivity contribution in [3.05, 3.63) is 66.1 Å². The van der Waals surface area contributed by atoms with Crippen LogP contribution in [-0.2, 0) is 18.4 Å². The van der Waals surface area contributed by atoms with Gasteiger partial charge in [0.1, 0.15) is 0 Å². The van der Waals surface area contributed by atoms with E-state index in [1.807, 2.05) is 25.4 Å². The van der Waals surface area contributed by atoms with Gasteiger partial charge in [0.2, 0.25) is 5.91 Å². The smallest absolute Gasteiger partial charge is 0.251 e. The van der Waals surface area contributed by atoms with E-state index >= 15 is 0 Å². The van der Waals surface area contributed by atoms with Crippen molar-refractivity contribution in [2.75, 3.05) is 5.32 Å². The molecule has 2 N–H and O–H groups in total. The van der Waals surface area contributed by atoms with Crippen LogP contribution in [0.25, 0.3) is 11.3 Å². The van der Waals surface area contributed by atoms with Crippen LogP contribution in [0.2, 0.25) is 0 Å². The van der Waals surface area contributed by atoms with Gasteiger partial charge in [0.15, 0.2) is 0 Å². The Morgan fingerprint density at radius 2 is 1.85 bits per heavy atom. The molecule has 2 aromatic heterocycles. The molecule has 0 aliphatic heterocycles. The maximum absolute atomic E-state index is 12.2. The molecule has 7 nitrogen and oxygen atoms in total. The summed E-state index contributed by atoms with van der Waals surface area (Å²) in [5, 5.41) is 9.65. The van der Waals surface area contributed by atoms with Crippen molar-refractivity contribution < 1.29 is 9.59 Å². The topological polar surface area (TPSA) is 88.9 Å². The first-order valence-corrected chi connectivity index (χ1v) is 8.11. The van der Waals surface area contributed by atoms with E-state index in [2.05, 4.69) is 20.7 Å². The van der Waals surface area contributed by atoms with Crippen molar-refractivity contribution >= 4 is 17.5 Å². The van der Waals surface area contributed by atoms with Crippen LogP contribution in [0.4, 0.5) is 5.69 Å². The predicted molar refractivity (Wildman–Crippen MR) is 98.4 cm³/mol. The van der Waals surface area contributed by atoms with E-state index < -0.39 is 0 Å². The van der Waals surface area contributed by atoms with Gasteiger partial charge in [0.25, 0.3) is 5.91 Å². The summed E-state index contributed by atoms with van der Waals surface area (Å²) in [5.41, 5.74) is 3.87. The van der Waals surface area contributed by atoms with Crippen molar-refractivity contribution in [3.63, 3.8) is 0 Å². The van der Waals surface area contributed by atoms with Gasteiger partial charge in [0, 0.05) is 49.7 Å². The van der Waals surface area contributed by atoms with E-state index in [9.17, 15) is 9.59 Å². The van der Waals surface area contributed by atoms with Crippen LogP contribution in [0.1, 0.15) is 22.8 Å².